The molecular formula is C14H23N3. The second-order valence-corrected chi connectivity index (χ2v) is 5.63. The first-order chi connectivity index (χ1) is 8.42. The van der Waals surface area contributed by atoms with Crippen molar-refractivity contribution in [3.63, 3.8) is 0 Å². The number of H-pyrrole nitrogens is 1. The minimum Gasteiger partial charge on any atom is -0.346 e. The maximum atomic E-state index is 4.60. The molecule has 0 amide bonds. The van der Waals surface area contributed by atoms with Crippen molar-refractivity contribution in [2.75, 3.05) is 6.54 Å². The van der Waals surface area contributed by atoms with Gasteiger partial charge in [0.2, 0.25) is 0 Å². The molecule has 2 fully saturated rings. The standard InChI is InChI=1S/C14H23N3/c1-2-5-11(6-3-1)14-16-10-13(17-14)9-12-7-4-8-15-12/h10-12,15H,1-9H2,(H,16,17). The Hall–Kier alpha value is -0.830. The number of aromatic amines is 1. The summed E-state index contributed by atoms with van der Waals surface area (Å²) < 4.78 is 0. The van der Waals surface area contributed by atoms with Gasteiger partial charge in [-0.1, -0.05) is 19.3 Å². The van der Waals surface area contributed by atoms with Crippen LogP contribution in [0.3, 0.4) is 0 Å². The van der Waals surface area contributed by atoms with E-state index in [0.29, 0.717) is 12.0 Å². The fourth-order valence-electron chi connectivity index (χ4n) is 3.26. The lowest BCUT2D eigenvalue weighted by Crippen LogP contribution is -2.23. The van der Waals surface area contributed by atoms with Gasteiger partial charge in [-0.3, -0.25) is 0 Å². The van der Waals surface area contributed by atoms with E-state index in [-0.39, 0.29) is 0 Å². The Labute approximate surface area is 103 Å². The molecule has 2 aliphatic rings. The zero-order valence-electron chi connectivity index (χ0n) is 10.5. The number of hydrogen-bond acceptors (Lipinski definition) is 2. The third-order valence-corrected chi connectivity index (χ3v) is 4.27. The van der Waals surface area contributed by atoms with Gasteiger partial charge in [-0.05, 0) is 32.2 Å². The van der Waals surface area contributed by atoms with E-state index in [0.717, 1.165) is 6.42 Å². The molecule has 1 aliphatic heterocycles. The normalized spacial score (nSPS) is 26.5. The lowest BCUT2D eigenvalue weighted by atomic mass is 9.89. The minimum atomic E-state index is 0.676. The zero-order chi connectivity index (χ0) is 11.5. The number of rotatable bonds is 3. The van der Waals surface area contributed by atoms with Crippen LogP contribution in [0.25, 0.3) is 0 Å². The molecule has 1 atom stereocenters. The SMILES string of the molecule is c1nc(C2CCCCC2)[nH]c1CC1CCCN1. The number of nitrogens with one attached hydrogen (secondary N) is 2. The summed E-state index contributed by atoms with van der Waals surface area (Å²) in [5.74, 6) is 1.95. The second kappa shape index (κ2) is 5.21. The molecule has 1 unspecified atom stereocenters. The Morgan fingerprint density at radius 3 is 2.76 bits per heavy atom. The van der Waals surface area contributed by atoms with Gasteiger partial charge < -0.3 is 10.3 Å². The van der Waals surface area contributed by atoms with Crippen LogP contribution in [0, 0.1) is 0 Å². The van der Waals surface area contributed by atoms with Gasteiger partial charge in [0.1, 0.15) is 5.82 Å². The summed E-state index contributed by atoms with van der Waals surface area (Å²) in [4.78, 5) is 8.16. The molecular weight excluding hydrogens is 210 g/mol. The number of aromatic nitrogens is 2. The largest absolute Gasteiger partial charge is 0.346 e. The molecule has 3 rings (SSSR count). The van der Waals surface area contributed by atoms with Crippen LogP contribution in [-0.4, -0.2) is 22.6 Å². The molecule has 2 N–H and O–H groups in total. The van der Waals surface area contributed by atoms with Gasteiger partial charge in [-0.15, -0.1) is 0 Å². The quantitative estimate of drug-likeness (QED) is 0.843. The summed E-state index contributed by atoms with van der Waals surface area (Å²) in [6.45, 7) is 1.19. The van der Waals surface area contributed by atoms with Gasteiger partial charge >= 0.3 is 0 Å². The van der Waals surface area contributed by atoms with Crippen LogP contribution in [0.15, 0.2) is 6.20 Å². The van der Waals surface area contributed by atoms with Crippen LogP contribution in [0.4, 0.5) is 0 Å². The Morgan fingerprint density at radius 2 is 2.00 bits per heavy atom. The zero-order valence-corrected chi connectivity index (χ0v) is 10.5. The molecule has 1 aromatic heterocycles. The molecule has 3 heteroatoms. The van der Waals surface area contributed by atoms with Gasteiger partial charge in [0.25, 0.3) is 0 Å². The Morgan fingerprint density at radius 1 is 1.12 bits per heavy atom. The van der Waals surface area contributed by atoms with Crippen LogP contribution in [-0.2, 0) is 6.42 Å². The molecule has 0 radical (unpaired) electrons. The van der Waals surface area contributed by atoms with Crippen molar-refractivity contribution in [3.05, 3.63) is 17.7 Å². The number of imidazole rings is 1. The second-order valence-electron chi connectivity index (χ2n) is 5.63. The van der Waals surface area contributed by atoms with Crippen LogP contribution >= 0.6 is 0 Å². The molecule has 0 bridgehead atoms. The van der Waals surface area contributed by atoms with Crippen molar-refractivity contribution in [2.24, 2.45) is 0 Å². The Bertz CT molecular complexity index is 346. The molecule has 1 saturated carbocycles. The highest BCUT2D eigenvalue weighted by molar-refractivity contribution is 5.08. The van der Waals surface area contributed by atoms with E-state index < -0.39 is 0 Å². The van der Waals surface area contributed by atoms with Crippen molar-refractivity contribution in [1.82, 2.24) is 15.3 Å². The smallest absolute Gasteiger partial charge is 0.109 e. The molecule has 0 spiro atoms. The van der Waals surface area contributed by atoms with Crippen molar-refractivity contribution >= 4 is 0 Å². The van der Waals surface area contributed by atoms with Crippen LogP contribution in [0.2, 0.25) is 0 Å². The fraction of sp³-hybridized carbons (Fsp3) is 0.786. The molecule has 0 aromatic carbocycles. The van der Waals surface area contributed by atoms with E-state index in [9.17, 15) is 0 Å². The fourth-order valence-corrected chi connectivity index (χ4v) is 3.26. The van der Waals surface area contributed by atoms with E-state index in [1.54, 1.807) is 0 Å². The van der Waals surface area contributed by atoms with Gasteiger partial charge in [-0.2, -0.15) is 0 Å². The molecule has 1 saturated heterocycles. The summed E-state index contributed by atoms with van der Waals surface area (Å²) in [6.07, 6.45) is 12.7. The number of nitrogens with zero attached hydrogens (tertiary/aromatic N) is 1. The van der Waals surface area contributed by atoms with Crippen molar-refractivity contribution < 1.29 is 0 Å². The van der Waals surface area contributed by atoms with Crippen LogP contribution < -0.4 is 5.32 Å². The summed E-state index contributed by atoms with van der Waals surface area (Å²) in [5.41, 5.74) is 1.32. The maximum Gasteiger partial charge on any atom is 0.109 e. The highest BCUT2D eigenvalue weighted by Gasteiger charge is 2.20. The topological polar surface area (TPSA) is 40.7 Å². The van der Waals surface area contributed by atoms with Crippen LogP contribution in [0.1, 0.15) is 62.4 Å². The van der Waals surface area contributed by atoms with Gasteiger partial charge in [-0.25, -0.2) is 4.98 Å². The Kier molecular flexibility index (Phi) is 3.46. The average molecular weight is 233 g/mol. The Balaban J connectivity index is 1.60. The van der Waals surface area contributed by atoms with Crippen molar-refractivity contribution in [3.8, 4) is 0 Å². The lowest BCUT2D eigenvalue weighted by molar-refractivity contribution is 0.430. The monoisotopic (exact) mass is 233 g/mol. The van der Waals surface area contributed by atoms with E-state index in [1.165, 1.54) is 63.0 Å². The molecule has 1 aromatic rings. The van der Waals surface area contributed by atoms with Crippen molar-refractivity contribution in [1.29, 1.82) is 0 Å². The van der Waals surface area contributed by atoms with Gasteiger partial charge in [0.15, 0.2) is 0 Å². The van der Waals surface area contributed by atoms with Gasteiger partial charge in [0.05, 0.1) is 0 Å². The summed E-state index contributed by atoms with van der Waals surface area (Å²) >= 11 is 0. The third-order valence-electron chi connectivity index (χ3n) is 4.27. The highest BCUT2D eigenvalue weighted by atomic mass is 15.0. The summed E-state index contributed by atoms with van der Waals surface area (Å²) in [7, 11) is 0. The van der Waals surface area contributed by atoms with Crippen molar-refractivity contribution in [2.45, 2.75) is 63.3 Å². The van der Waals surface area contributed by atoms with E-state index in [2.05, 4.69) is 21.5 Å². The maximum absolute atomic E-state index is 4.60. The lowest BCUT2D eigenvalue weighted by Gasteiger charge is -2.19. The van der Waals surface area contributed by atoms with Crippen LogP contribution in [0.5, 0.6) is 0 Å². The van der Waals surface area contributed by atoms with Gasteiger partial charge in [0, 0.05) is 30.3 Å². The number of hydrogen-bond donors (Lipinski definition) is 2. The predicted octanol–water partition coefficient (Wildman–Crippen LogP) is 2.75. The highest BCUT2D eigenvalue weighted by Crippen LogP contribution is 2.30. The third kappa shape index (κ3) is 2.71. The van der Waals surface area contributed by atoms with E-state index >= 15 is 0 Å². The van der Waals surface area contributed by atoms with E-state index in [4.69, 9.17) is 0 Å². The molecule has 94 valence electrons. The molecule has 17 heavy (non-hydrogen) atoms. The summed E-state index contributed by atoms with van der Waals surface area (Å²) in [5, 5.41) is 3.55. The van der Waals surface area contributed by atoms with E-state index in [1.807, 2.05) is 0 Å². The first kappa shape index (κ1) is 11.3. The molecule has 3 nitrogen and oxygen atoms in total. The minimum absolute atomic E-state index is 0.676. The average Bonchev–Trinajstić information content (AvgIpc) is 3.02. The molecule has 2 heterocycles. The molecule has 1 aliphatic carbocycles. The summed E-state index contributed by atoms with van der Waals surface area (Å²) in [6, 6.07) is 0.676. The predicted molar refractivity (Wildman–Crippen MR) is 69.1 cm³/mol. The first-order valence-corrected chi connectivity index (χ1v) is 7.19. The first-order valence-electron chi connectivity index (χ1n) is 7.19.